The predicted molar refractivity (Wildman–Crippen MR) is 83.6 cm³/mol. The van der Waals surface area contributed by atoms with E-state index in [2.05, 4.69) is 10.4 Å². The van der Waals surface area contributed by atoms with Gasteiger partial charge in [-0.2, -0.15) is 5.10 Å². The lowest BCUT2D eigenvalue weighted by Crippen LogP contribution is -2.47. The van der Waals surface area contributed by atoms with Gasteiger partial charge in [-0.1, -0.05) is 0 Å². The van der Waals surface area contributed by atoms with Crippen LogP contribution in [0.25, 0.3) is 0 Å². The standard InChI is InChI=1S/C15H26N4O3/c1-4-19-11(3)15(10(2)17-19)16-14(22)8-18-6-5-12(9-20)13(21)7-18/h12-13,20-21H,4-9H2,1-3H3,(H,16,22)/t12-,13+/m0/s1. The lowest BCUT2D eigenvalue weighted by Gasteiger charge is -2.34. The van der Waals surface area contributed by atoms with Crippen LogP contribution in [0.5, 0.6) is 0 Å². The second-order valence-corrected chi connectivity index (χ2v) is 5.94. The summed E-state index contributed by atoms with van der Waals surface area (Å²) in [7, 11) is 0. The molecule has 7 nitrogen and oxygen atoms in total. The quantitative estimate of drug-likeness (QED) is 0.719. The van der Waals surface area contributed by atoms with Gasteiger partial charge in [0.15, 0.2) is 0 Å². The molecule has 1 aliphatic heterocycles. The molecule has 1 aliphatic rings. The molecule has 2 atom stereocenters. The van der Waals surface area contributed by atoms with Crippen LogP contribution in [-0.2, 0) is 11.3 Å². The van der Waals surface area contributed by atoms with Crippen LogP contribution in [0.4, 0.5) is 5.69 Å². The Hall–Kier alpha value is -1.44. The van der Waals surface area contributed by atoms with Gasteiger partial charge in [0, 0.05) is 25.6 Å². The van der Waals surface area contributed by atoms with E-state index in [0.717, 1.165) is 23.6 Å². The summed E-state index contributed by atoms with van der Waals surface area (Å²) in [6, 6.07) is 0. The van der Waals surface area contributed by atoms with Gasteiger partial charge in [-0.05, 0) is 33.7 Å². The first-order valence-corrected chi connectivity index (χ1v) is 7.81. The fourth-order valence-corrected chi connectivity index (χ4v) is 2.97. The molecule has 1 saturated heterocycles. The third kappa shape index (κ3) is 3.66. The average Bonchev–Trinajstić information content (AvgIpc) is 2.75. The van der Waals surface area contributed by atoms with Gasteiger partial charge in [0.1, 0.15) is 0 Å². The lowest BCUT2D eigenvalue weighted by atomic mass is 9.95. The monoisotopic (exact) mass is 310 g/mol. The predicted octanol–water partition coefficient (Wildman–Crippen LogP) is 0.133. The molecule has 0 radical (unpaired) electrons. The van der Waals surface area contributed by atoms with E-state index in [-0.39, 0.29) is 25.0 Å². The fraction of sp³-hybridized carbons (Fsp3) is 0.733. The van der Waals surface area contributed by atoms with Crippen molar-refractivity contribution in [2.45, 2.75) is 39.8 Å². The number of nitrogens with zero attached hydrogens (tertiary/aromatic N) is 3. The Labute approximate surface area is 130 Å². The van der Waals surface area contributed by atoms with Crippen molar-refractivity contribution >= 4 is 11.6 Å². The van der Waals surface area contributed by atoms with Crippen LogP contribution in [0.3, 0.4) is 0 Å². The van der Waals surface area contributed by atoms with Gasteiger partial charge < -0.3 is 15.5 Å². The maximum atomic E-state index is 12.2. The molecule has 2 heterocycles. The summed E-state index contributed by atoms with van der Waals surface area (Å²) in [5.41, 5.74) is 2.54. The number of likely N-dealkylation sites (tertiary alicyclic amines) is 1. The van der Waals surface area contributed by atoms with Crippen molar-refractivity contribution in [3.63, 3.8) is 0 Å². The largest absolute Gasteiger partial charge is 0.396 e. The number of aromatic nitrogens is 2. The summed E-state index contributed by atoms with van der Waals surface area (Å²) in [6.07, 6.45) is 0.134. The van der Waals surface area contributed by atoms with Gasteiger partial charge in [-0.15, -0.1) is 0 Å². The molecule has 1 aromatic heterocycles. The number of carbonyl (C=O) groups excluding carboxylic acids is 1. The number of piperidine rings is 1. The number of anilines is 1. The molecule has 2 rings (SSSR count). The van der Waals surface area contributed by atoms with Crippen LogP contribution in [0.2, 0.25) is 0 Å². The zero-order valence-corrected chi connectivity index (χ0v) is 13.5. The number of aliphatic hydroxyl groups is 2. The van der Waals surface area contributed by atoms with Gasteiger partial charge in [-0.3, -0.25) is 14.4 Å². The molecule has 3 N–H and O–H groups in total. The zero-order chi connectivity index (χ0) is 16.3. The molecular formula is C15H26N4O3. The highest BCUT2D eigenvalue weighted by Crippen LogP contribution is 2.20. The topological polar surface area (TPSA) is 90.6 Å². The maximum Gasteiger partial charge on any atom is 0.238 e. The Morgan fingerprint density at radius 1 is 1.45 bits per heavy atom. The highest BCUT2D eigenvalue weighted by atomic mass is 16.3. The second kappa shape index (κ2) is 7.21. The molecule has 0 aromatic carbocycles. The zero-order valence-electron chi connectivity index (χ0n) is 13.5. The summed E-state index contributed by atoms with van der Waals surface area (Å²) in [4.78, 5) is 14.1. The van der Waals surface area contributed by atoms with E-state index in [0.29, 0.717) is 19.5 Å². The summed E-state index contributed by atoms with van der Waals surface area (Å²) >= 11 is 0. The van der Waals surface area contributed by atoms with Gasteiger partial charge in [0.25, 0.3) is 0 Å². The van der Waals surface area contributed by atoms with Crippen molar-refractivity contribution in [2.24, 2.45) is 5.92 Å². The van der Waals surface area contributed by atoms with Crippen molar-refractivity contribution < 1.29 is 15.0 Å². The molecule has 124 valence electrons. The Morgan fingerprint density at radius 2 is 2.18 bits per heavy atom. The number of aryl methyl sites for hydroxylation is 2. The molecule has 1 amide bonds. The third-order valence-corrected chi connectivity index (χ3v) is 4.35. The molecule has 0 saturated carbocycles. The van der Waals surface area contributed by atoms with E-state index >= 15 is 0 Å². The number of aliphatic hydroxyl groups excluding tert-OH is 2. The van der Waals surface area contributed by atoms with Gasteiger partial charge in [-0.25, -0.2) is 0 Å². The van der Waals surface area contributed by atoms with Crippen molar-refractivity contribution in [1.29, 1.82) is 0 Å². The molecule has 22 heavy (non-hydrogen) atoms. The Kier molecular flexibility index (Phi) is 5.55. The van der Waals surface area contributed by atoms with Crippen LogP contribution in [0.1, 0.15) is 24.7 Å². The minimum atomic E-state index is -0.571. The third-order valence-electron chi connectivity index (χ3n) is 4.35. The lowest BCUT2D eigenvalue weighted by molar-refractivity contribution is -0.118. The van der Waals surface area contributed by atoms with E-state index in [1.54, 1.807) is 0 Å². The normalized spacial score (nSPS) is 22.8. The van der Waals surface area contributed by atoms with Crippen LogP contribution >= 0.6 is 0 Å². The number of rotatable bonds is 5. The minimum Gasteiger partial charge on any atom is -0.396 e. The minimum absolute atomic E-state index is 0.00417. The van der Waals surface area contributed by atoms with Crippen LogP contribution in [0, 0.1) is 19.8 Å². The molecule has 0 aliphatic carbocycles. The number of hydrogen-bond acceptors (Lipinski definition) is 5. The van der Waals surface area contributed by atoms with E-state index in [9.17, 15) is 9.90 Å². The van der Waals surface area contributed by atoms with E-state index < -0.39 is 6.10 Å². The molecular weight excluding hydrogens is 284 g/mol. The van der Waals surface area contributed by atoms with Crippen molar-refractivity contribution in [1.82, 2.24) is 14.7 Å². The van der Waals surface area contributed by atoms with Crippen LogP contribution < -0.4 is 5.32 Å². The molecule has 0 spiro atoms. The summed E-state index contributed by atoms with van der Waals surface area (Å²) < 4.78 is 1.86. The molecule has 1 aromatic rings. The molecule has 0 bridgehead atoms. The summed E-state index contributed by atoms with van der Waals surface area (Å²) in [6.45, 7) is 7.97. The highest BCUT2D eigenvalue weighted by molar-refractivity contribution is 5.93. The van der Waals surface area contributed by atoms with Crippen molar-refractivity contribution in [3.05, 3.63) is 11.4 Å². The Morgan fingerprint density at radius 3 is 2.73 bits per heavy atom. The number of amides is 1. The fourth-order valence-electron chi connectivity index (χ4n) is 2.97. The van der Waals surface area contributed by atoms with Gasteiger partial charge in [0.2, 0.25) is 5.91 Å². The van der Waals surface area contributed by atoms with Crippen molar-refractivity contribution in [3.8, 4) is 0 Å². The molecule has 1 fully saturated rings. The van der Waals surface area contributed by atoms with E-state index in [4.69, 9.17) is 5.11 Å². The summed E-state index contributed by atoms with van der Waals surface area (Å²) in [5, 5.41) is 26.4. The first kappa shape index (κ1) is 16.9. The average molecular weight is 310 g/mol. The summed E-state index contributed by atoms with van der Waals surface area (Å²) in [5.74, 6) is -0.178. The molecule has 0 unspecified atom stereocenters. The first-order valence-electron chi connectivity index (χ1n) is 7.81. The smallest absolute Gasteiger partial charge is 0.238 e. The van der Waals surface area contributed by atoms with Gasteiger partial charge >= 0.3 is 0 Å². The van der Waals surface area contributed by atoms with E-state index in [1.807, 2.05) is 30.4 Å². The maximum absolute atomic E-state index is 12.2. The van der Waals surface area contributed by atoms with Crippen molar-refractivity contribution in [2.75, 3.05) is 31.6 Å². The van der Waals surface area contributed by atoms with Gasteiger partial charge in [0.05, 0.1) is 29.7 Å². The Balaban J connectivity index is 1.93. The second-order valence-electron chi connectivity index (χ2n) is 5.94. The number of hydrogen-bond donors (Lipinski definition) is 3. The molecule has 7 heteroatoms. The van der Waals surface area contributed by atoms with Crippen LogP contribution in [-0.4, -0.2) is 63.1 Å². The number of carbonyl (C=O) groups is 1. The SMILES string of the molecule is CCn1nc(C)c(NC(=O)CN2CC[C@@H](CO)[C@H](O)C2)c1C. The number of nitrogens with one attached hydrogen (secondary N) is 1. The first-order chi connectivity index (χ1) is 10.5. The van der Waals surface area contributed by atoms with E-state index in [1.165, 1.54) is 0 Å². The highest BCUT2D eigenvalue weighted by Gasteiger charge is 2.28. The Bertz CT molecular complexity index is 529. The number of β-amino-alcohol motifs (C(OH)–C–C–N with tert-alkyl or cyclic N) is 1. The van der Waals surface area contributed by atoms with Crippen LogP contribution in [0.15, 0.2) is 0 Å².